The number of aliphatic hydroxyl groups excluding tert-OH is 1. The fourth-order valence-electron chi connectivity index (χ4n) is 1.60. The van der Waals surface area contributed by atoms with Gasteiger partial charge < -0.3 is 9.52 Å². The van der Waals surface area contributed by atoms with E-state index in [2.05, 4.69) is 0 Å². The van der Waals surface area contributed by atoms with Gasteiger partial charge >= 0.3 is 0 Å². The molecular weight excluding hydrogens is 234 g/mol. The molecule has 5 heteroatoms. The average Bonchev–Trinajstić information content (AvgIpc) is 2.78. The summed E-state index contributed by atoms with van der Waals surface area (Å²) in [6.45, 7) is 1.53. The standard InChI is InChI=1S/C13H11NO4/c1-9(15)13-11(6-7-18-13)8-10-2-4-12(5-3-10)14(16)17/h2-8,15H,1H3. The van der Waals surface area contributed by atoms with E-state index < -0.39 is 4.92 Å². The summed E-state index contributed by atoms with van der Waals surface area (Å²) in [5, 5.41) is 20.6. The van der Waals surface area contributed by atoms with Crippen LogP contribution in [0.2, 0.25) is 0 Å². The molecule has 1 aromatic carbocycles. The molecule has 0 fully saturated rings. The van der Waals surface area contributed by atoms with Gasteiger partial charge in [0.1, 0.15) is 5.76 Å². The van der Waals surface area contributed by atoms with Crippen LogP contribution in [0, 0.1) is 10.1 Å². The van der Waals surface area contributed by atoms with E-state index in [1.54, 1.807) is 24.3 Å². The van der Waals surface area contributed by atoms with Crippen LogP contribution in [0.15, 0.2) is 41.0 Å². The second kappa shape index (κ2) is 4.75. The van der Waals surface area contributed by atoms with Crippen LogP contribution in [0.1, 0.15) is 12.5 Å². The van der Waals surface area contributed by atoms with Crippen LogP contribution in [0.25, 0.3) is 11.8 Å². The molecule has 0 radical (unpaired) electrons. The Morgan fingerprint density at radius 3 is 2.56 bits per heavy atom. The van der Waals surface area contributed by atoms with E-state index in [0.717, 1.165) is 10.8 Å². The third-order valence-electron chi connectivity index (χ3n) is 2.45. The van der Waals surface area contributed by atoms with Gasteiger partial charge in [-0.1, -0.05) is 0 Å². The van der Waals surface area contributed by atoms with Gasteiger partial charge in [0.15, 0.2) is 5.42 Å². The lowest BCUT2D eigenvalue weighted by Gasteiger charge is -1.93. The minimum absolute atomic E-state index is 0.0458. The molecule has 0 spiro atoms. The van der Waals surface area contributed by atoms with Crippen molar-refractivity contribution in [1.82, 2.24) is 0 Å². The molecule has 0 amide bonds. The number of nitro groups is 1. The quantitative estimate of drug-likeness (QED) is 0.645. The Kier molecular flexibility index (Phi) is 3.14. The van der Waals surface area contributed by atoms with Gasteiger partial charge in [0, 0.05) is 17.4 Å². The van der Waals surface area contributed by atoms with Gasteiger partial charge in [0.05, 0.1) is 11.2 Å². The van der Waals surface area contributed by atoms with Crippen molar-refractivity contribution >= 4 is 17.5 Å². The summed E-state index contributed by atoms with van der Waals surface area (Å²) in [5.74, 6) is 0.0909. The molecule has 0 unspecified atom stereocenters. The first-order valence-electron chi connectivity index (χ1n) is 5.27. The first-order chi connectivity index (χ1) is 8.58. The summed E-state index contributed by atoms with van der Waals surface area (Å²) in [6, 6.07) is 7.86. The fraction of sp³-hybridized carbons (Fsp3) is 0.0769. The molecule has 2 rings (SSSR count). The smallest absolute Gasteiger partial charge is 0.269 e. The predicted molar refractivity (Wildman–Crippen MR) is 66.3 cm³/mol. The molecular formula is C13H11NO4. The minimum Gasteiger partial charge on any atom is -0.509 e. The molecule has 1 N–H and O–H groups in total. The first-order valence-corrected chi connectivity index (χ1v) is 5.27. The summed E-state index contributed by atoms with van der Waals surface area (Å²) in [5.41, 5.74) is 1.24. The van der Waals surface area contributed by atoms with Gasteiger partial charge in [-0.15, -0.1) is 0 Å². The Hall–Kier alpha value is -2.56. The number of benzene rings is 1. The van der Waals surface area contributed by atoms with Gasteiger partial charge in [-0.2, -0.15) is 0 Å². The largest absolute Gasteiger partial charge is 0.509 e. The summed E-state index contributed by atoms with van der Waals surface area (Å²) >= 11 is 0. The fourth-order valence-corrected chi connectivity index (χ4v) is 1.60. The van der Waals surface area contributed by atoms with Gasteiger partial charge in [-0.05, 0) is 36.8 Å². The zero-order valence-corrected chi connectivity index (χ0v) is 9.66. The van der Waals surface area contributed by atoms with E-state index in [1.807, 2.05) is 0 Å². The SMILES string of the molecule is CC(O)=c1occc1=Cc1ccc([N+](=O)[O-])cc1. The van der Waals surface area contributed by atoms with Gasteiger partial charge in [-0.25, -0.2) is 0 Å². The van der Waals surface area contributed by atoms with Crippen molar-refractivity contribution in [1.29, 1.82) is 0 Å². The predicted octanol–water partition coefficient (Wildman–Crippen LogP) is 1.70. The molecule has 0 aliphatic heterocycles. The molecule has 5 nitrogen and oxygen atoms in total. The van der Waals surface area contributed by atoms with Gasteiger partial charge in [0.25, 0.3) is 5.69 Å². The first kappa shape index (κ1) is 11.9. The van der Waals surface area contributed by atoms with Crippen molar-refractivity contribution in [2.75, 3.05) is 0 Å². The number of rotatable bonds is 2. The van der Waals surface area contributed by atoms with E-state index in [1.165, 1.54) is 25.3 Å². The highest BCUT2D eigenvalue weighted by molar-refractivity contribution is 5.52. The van der Waals surface area contributed by atoms with Crippen LogP contribution in [0.5, 0.6) is 0 Å². The highest BCUT2D eigenvalue weighted by Gasteiger charge is 2.02. The van der Waals surface area contributed by atoms with E-state index in [0.29, 0.717) is 5.42 Å². The highest BCUT2D eigenvalue weighted by Crippen LogP contribution is 2.11. The zero-order valence-electron chi connectivity index (χ0n) is 9.66. The molecule has 1 heterocycles. The van der Waals surface area contributed by atoms with E-state index in [-0.39, 0.29) is 11.4 Å². The molecule has 0 saturated heterocycles. The molecule has 0 aliphatic rings. The van der Waals surface area contributed by atoms with Crippen LogP contribution >= 0.6 is 0 Å². The number of hydrogen-bond donors (Lipinski definition) is 1. The summed E-state index contributed by atoms with van der Waals surface area (Å²) < 4.78 is 5.13. The summed E-state index contributed by atoms with van der Waals surface area (Å²) in [7, 11) is 0. The highest BCUT2D eigenvalue weighted by atomic mass is 16.6. The van der Waals surface area contributed by atoms with Crippen LogP contribution in [-0.2, 0) is 0 Å². The topological polar surface area (TPSA) is 76.5 Å². The van der Waals surface area contributed by atoms with Crippen molar-refractivity contribution < 1.29 is 14.4 Å². The van der Waals surface area contributed by atoms with E-state index in [4.69, 9.17) is 4.42 Å². The maximum Gasteiger partial charge on any atom is 0.269 e. The molecule has 0 atom stereocenters. The molecule has 0 saturated carbocycles. The zero-order chi connectivity index (χ0) is 13.1. The Bertz CT molecular complexity index is 679. The number of non-ortho nitro benzene ring substituents is 1. The van der Waals surface area contributed by atoms with Crippen LogP contribution in [-0.4, -0.2) is 10.0 Å². The minimum atomic E-state index is -0.446. The van der Waals surface area contributed by atoms with Crippen molar-refractivity contribution in [2.24, 2.45) is 0 Å². The number of hydrogen-bond acceptors (Lipinski definition) is 4. The van der Waals surface area contributed by atoms with Crippen molar-refractivity contribution in [3.05, 3.63) is 62.9 Å². The second-order valence-electron chi connectivity index (χ2n) is 3.78. The normalized spacial score (nSPS) is 13.5. The van der Waals surface area contributed by atoms with Crippen molar-refractivity contribution in [3.63, 3.8) is 0 Å². The third kappa shape index (κ3) is 2.40. The molecule has 18 heavy (non-hydrogen) atoms. The maximum atomic E-state index is 10.5. The molecule has 92 valence electrons. The third-order valence-corrected chi connectivity index (χ3v) is 2.45. The molecule has 0 aliphatic carbocycles. The molecule has 1 aromatic heterocycles. The van der Waals surface area contributed by atoms with E-state index in [9.17, 15) is 15.2 Å². The molecule has 2 aromatic rings. The van der Waals surface area contributed by atoms with Crippen LogP contribution in [0.4, 0.5) is 5.69 Å². The number of aliphatic hydroxyl groups is 1. The molecule has 0 bridgehead atoms. The number of furan rings is 1. The monoisotopic (exact) mass is 245 g/mol. The lowest BCUT2D eigenvalue weighted by atomic mass is 10.2. The Labute approximate surface area is 102 Å². The van der Waals surface area contributed by atoms with Crippen LogP contribution in [0.3, 0.4) is 0 Å². The van der Waals surface area contributed by atoms with E-state index >= 15 is 0 Å². The number of nitrogens with zero attached hydrogens (tertiary/aromatic N) is 1. The van der Waals surface area contributed by atoms with Crippen molar-refractivity contribution in [3.8, 4) is 0 Å². The lowest BCUT2D eigenvalue weighted by molar-refractivity contribution is -0.384. The number of nitro benzene ring substituents is 1. The Balaban J connectivity index is 2.48. The Morgan fingerprint density at radius 1 is 1.33 bits per heavy atom. The Morgan fingerprint density at radius 2 is 2.00 bits per heavy atom. The van der Waals surface area contributed by atoms with Crippen LogP contribution < -0.4 is 10.6 Å². The maximum absolute atomic E-state index is 10.5. The summed E-state index contributed by atoms with van der Waals surface area (Å²) in [6.07, 6.45) is 3.26. The second-order valence-corrected chi connectivity index (χ2v) is 3.78. The van der Waals surface area contributed by atoms with Gasteiger partial charge in [0.2, 0.25) is 0 Å². The summed E-state index contributed by atoms with van der Waals surface area (Å²) in [4.78, 5) is 10.1. The van der Waals surface area contributed by atoms with Gasteiger partial charge in [-0.3, -0.25) is 10.1 Å². The lowest BCUT2D eigenvalue weighted by Crippen LogP contribution is -2.21. The van der Waals surface area contributed by atoms with Crippen molar-refractivity contribution in [2.45, 2.75) is 6.92 Å². The average molecular weight is 245 g/mol.